The summed E-state index contributed by atoms with van der Waals surface area (Å²) in [6.45, 7) is 4.00. The van der Waals surface area contributed by atoms with Gasteiger partial charge in [0, 0.05) is 0 Å². The van der Waals surface area contributed by atoms with Gasteiger partial charge in [-0.15, -0.1) is 16.4 Å². The zero-order valence-electron chi connectivity index (χ0n) is 18.2. The zero-order chi connectivity index (χ0) is 23.2. The Kier molecular flexibility index (Phi) is 5.26. The van der Waals surface area contributed by atoms with E-state index in [2.05, 4.69) is 20.6 Å². The third kappa shape index (κ3) is 3.61. The van der Waals surface area contributed by atoms with Crippen LogP contribution in [0.2, 0.25) is 0 Å². The highest BCUT2D eigenvalue weighted by Crippen LogP contribution is 2.35. The third-order valence-corrected chi connectivity index (χ3v) is 8.00. The molecule has 5 rings (SSSR count). The molecule has 8 nitrogen and oxygen atoms in total. The van der Waals surface area contributed by atoms with E-state index in [1.54, 1.807) is 31.4 Å². The smallest absolute Gasteiger partial charge is 0.229 e. The van der Waals surface area contributed by atoms with Crippen molar-refractivity contribution in [2.24, 2.45) is 0 Å². The maximum Gasteiger partial charge on any atom is 0.229 e. The van der Waals surface area contributed by atoms with E-state index in [0.717, 1.165) is 33.5 Å². The second kappa shape index (κ2) is 8.13. The molecular formula is C23H21N5O3S2. The summed E-state index contributed by atoms with van der Waals surface area (Å²) < 4.78 is 34.6. The van der Waals surface area contributed by atoms with Crippen molar-refractivity contribution in [1.29, 1.82) is 0 Å². The van der Waals surface area contributed by atoms with E-state index in [-0.39, 0.29) is 15.6 Å². The van der Waals surface area contributed by atoms with Gasteiger partial charge >= 0.3 is 0 Å². The van der Waals surface area contributed by atoms with Gasteiger partial charge in [0.15, 0.2) is 11.5 Å². The molecule has 0 saturated carbocycles. The van der Waals surface area contributed by atoms with Gasteiger partial charge in [0.05, 0.1) is 27.9 Å². The van der Waals surface area contributed by atoms with Gasteiger partial charge in [0.1, 0.15) is 5.75 Å². The lowest BCUT2D eigenvalue weighted by Gasteiger charge is -2.12. The number of benzene rings is 2. The minimum atomic E-state index is -3.91. The lowest BCUT2D eigenvalue weighted by molar-refractivity contribution is 0.416. The number of nitrogens with zero attached hydrogens (tertiary/aromatic N) is 4. The molecule has 0 saturated heterocycles. The highest BCUT2D eigenvalue weighted by atomic mass is 32.2. The third-order valence-electron chi connectivity index (χ3n) is 5.43. The number of sulfone groups is 1. The molecule has 33 heavy (non-hydrogen) atoms. The molecule has 0 bridgehead atoms. The van der Waals surface area contributed by atoms with Crippen molar-refractivity contribution in [1.82, 2.24) is 19.8 Å². The predicted molar refractivity (Wildman–Crippen MR) is 128 cm³/mol. The summed E-state index contributed by atoms with van der Waals surface area (Å²) in [5, 5.41) is 13.2. The quantitative estimate of drug-likeness (QED) is 0.374. The van der Waals surface area contributed by atoms with E-state index in [4.69, 9.17) is 4.74 Å². The number of nitrogens with one attached hydrogen (secondary N) is 1. The zero-order valence-corrected chi connectivity index (χ0v) is 19.9. The van der Waals surface area contributed by atoms with Crippen molar-refractivity contribution >= 4 is 48.5 Å². The Bertz CT molecular complexity index is 1590. The van der Waals surface area contributed by atoms with Crippen LogP contribution >= 0.6 is 11.3 Å². The fraction of sp³-hybridized carbons (Fsp3) is 0.174. The average Bonchev–Trinajstić information content (AvgIpc) is 3.47. The molecule has 0 atom stereocenters. The van der Waals surface area contributed by atoms with Crippen LogP contribution in [0.4, 0.5) is 11.5 Å². The van der Waals surface area contributed by atoms with Crippen LogP contribution in [0.15, 0.2) is 63.8 Å². The van der Waals surface area contributed by atoms with Crippen LogP contribution in [-0.4, -0.2) is 35.3 Å². The van der Waals surface area contributed by atoms with Crippen molar-refractivity contribution in [2.45, 2.75) is 30.2 Å². The average molecular weight is 480 g/mol. The van der Waals surface area contributed by atoms with Gasteiger partial charge in [-0.05, 0) is 60.2 Å². The molecule has 0 aliphatic rings. The van der Waals surface area contributed by atoms with Crippen LogP contribution in [-0.2, 0) is 16.3 Å². The fourth-order valence-electron chi connectivity index (χ4n) is 3.65. The number of hydrogen-bond acceptors (Lipinski definition) is 8. The van der Waals surface area contributed by atoms with Crippen molar-refractivity contribution in [3.8, 4) is 5.75 Å². The van der Waals surface area contributed by atoms with Gasteiger partial charge in [-0.25, -0.2) is 13.4 Å². The van der Waals surface area contributed by atoms with Crippen molar-refractivity contribution < 1.29 is 13.2 Å². The van der Waals surface area contributed by atoms with Crippen molar-refractivity contribution in [3.05, 3.63) is 65.0 Å². The largest absolute Gasteiger partial charge is 0.495 e. The number of hydrogen-bond donors (Lipinski definition) is 1. The molecule has 5 aromatic rings. The minimum Gasteiger partial charge on any atom is -0.495 e. The molecule has 0 aliphatic carbocycles. The number of rotatable bonds is 6. The summed E-state index contributed by atoms with van der Waals surface area (Å²) in [4.78, 5) is 4.82. The standard InChI is InChI=1S/C23H21N5O3S2/c1-4-15-6-8-16(9-7-15)33(29,30)23-22-25-21(20-18(11-12-32-20)28(22)27-26-23)24-17-13-14(2)5-10-19(17)31-3/h5-13H,4H2,1-3H3,(H,24,25). The van der Waals surface area contributed by atoms with Gasteiger partial charge in [-0.3, -0.25) is 0 Å². The first-order valence-electron chi connectivity index (χ1n) is 10.3. The van der Waals surface area contributed by atoms with Crippen molar-refractivity contribution in [2.75, 3.05) is 12.4 Å². The molecule has 1 N–H and O–H groups in total. The Balaban J connectivity index is 1.69. The fourth-order valence-corrected chi connectivity index (χ4v) is 5.70. The van der Waals surface area contributed by atoms with Crippen LogP contribution in [0, 0.1) is 6.92 Å². The van der Waals surface area contributed by atoms with E-state index in [9.17, 15) is 8.42 Å². The Morgan fingerprint density at radius 3 is 2.64 bits per heavy atom. The normalized spacial score (nSPS) is 11.8. The number of aromatic nitrogens is 4. The first kappa shape index (κ1) is 21.4. The molecule has 2 aromatic carbocycles. The second-order valence-electron chi connectivity index (χ2n) is 7.56. The molecule has 0 amide bonds. The molecule has 0 spiro atoms. The summed E-state index contributed by atoms with van der Waals surface area (Å²) in [5.74, 6) is 1.17. The molecule has 3 heterocycles. The lowest BCUT2D eigenvalue weighted by atomic mass is 10.2. The molecule has 10 heteroatoms. The summed E-state index contributed by atoms with van der Waals surface area (Å²) in [7, 11) is -2.31. The van der Waals surface area contributed by atoms with Gasteiger partial charge in [-0.1, -0.05) is 30.3 Å². The number of anilines is 2. The Hall–Kier alpha value is -3.50. The van der Waals surface area contributed by atoms with Crippen LogP contribution in [0.5, 0.6) is 5.75 Å². The van der Waals surface area contributed by atoms with E-state index >= 15 is 0 Å². The van der Waals surface area contributed by atoms with Crippen LogP contribution in [0.25, 0.3) is 15.9 Å². The first-order valence-corrected chi connectivity index (χ1v) is 12.7. The highest BCUT2D eigenvalue weighted by molar-refractivity contribution is 7.91. The second-order valence-corrected chi connectivity index (χ2v) is 10.3. The Morgan fingerprint density at radius 2 is 1.91 bits per heavy atom. The lowest BCUT2D eigenvalue weighted by Crippen LogP contribution is -2.05. The molecule has 0 radical (unpaired) electrons. The highest BCUT2D eigenvalue weighted by Gasteiger charge is 2.27. The van der Waals surface area contributed by atoms with Crippen LogP contribution < -0.4 is 10.1 Å². The van der Waals surface area contributed by atoms with Gasteiger partial charge in [0.25, 0.3) is 0 Å². The minimum absolute atomic E-state index is 0.157. The number of fused-ring (bicyclic) bond motifs is 3. The summed E-state index contributed by atoms with van der Waals surface area (Å²) in [5.41, 5.74) is 3.71. The van der Waals surface area contributed by atoms with Crippen LogP contribution in [0.1, 0.15) is 18.1 Å². The maximum absolute atomic E-state index is 13.4. The number of thiophene rings is 1. The van der Waals surface area contributed by atoms with Crippen molar-refractivity contribution in [3.63, 3.8) is 0 Å². The van der Waals surface area contributed by atoms with Crippen LogP contribution in [0.3, 0.4) is 0 Å². The number of ether oxygens (including phenoxy) is 1. The monoisotopic (exact) mass is 479 g/mol. The SMILES string of the molecule is CCc1ccc(S(=O)(=O)c2nnn3c2nc(Nc2cc(C)ccc2OC)c2sccc23)cc1. The summed E-state index contributed by atoms with van der Waals surface area (Å²) in [6.07, 6.45) is 0.824. The maximum atomic E-state index is 13.4. The predicted octanol–water partition coefficient (Wildman–Crippen LogP) is 4.79. The van der Waals surface area contributed by atoms with E-state index in [1.165, 1.54) is 15.9 Å². The van der Waals surface area contributed by atoms with E-state index in [0.29, 0.717) is 11.6 Å². The summed E-state index contributed by atoms with van der Waals surface area (Å²) >= 11 is 1.48. The summed E-state index contributed by atoms with van der Waals surface area (Å²) in [6, 6.07) is 14.5. The van der Waals surface area contributed by atoms with Gasteiger partial charge < -0.3 is 10.1 Å². The molecule has 168 valence electrons. The van der Waals surface area contributed by atoms with E-state index in [1.807, 2.05) is 43.5 Å². The topological polar surface area (TPSA) is 98.5 Å². The molecule has 0 unspecified atom stereocenters. The number of methoxy groups -OCH3 is 1. The van der Waals surface area contributed by atoms with E-state index < -0.39 is 9.84 Å². The first-order chi connectivity index (χ1) is 15.9. The number of aryl methyl sites for hydroxylation is 2. The molecule has 0 aliphatic heterocycles. The van der Waals surface area contributed by atoms with Gasteiger partial charge in [-0.2, -0.15) is 4.52 Å². The van der Waals surface area contributed by atoms with Gasteiger partial charge in [0.2, 0.25) is 14.9 Å². The molecule has 0 fully saturated rings. The molecule has 3 aromatic heterocycles. The Labute approximate surface area is 194 Å². The molecular weight excluding hydrogens is 458 g/mol. The Morgan fingerprint density at radius 1 is 1.12 bits per heavy atom.